The fourth-order valence-corrected chi connectivity index (χ4v) is 1.96. The maximum Gasteiger partial charge on any atom is 0.293 e. The van der Waals surface area contributed by atoms with E-state index in [2.05, 4.69) is 18.6 Å². The summed E-state index contributed by atoms with van der Waals surface area (Å²) < 4.78 is 4.66. The molecule has 1 rings (SSSR count). The van der Waals surface area contributed by atoms with Gasteiger partial charge in [-0.05, 0) is 19.3 Å². The van der Waals surface area contributed by atoms with Gasteiger partial charge in [-0.2, -0.15) is 0 Å². The van der Waals surface area contributed by atoms with E-state index < -0.39 is 0 Å². The smallest absolute Gasteiger partial charge is 0.293 e. The van der Waals surface area contributed by atoms with Crippen LogP contribution >= 0.6 is 0 Å². The zero-order chi connectivity index (χ0) is 12.2. The first kappa shape index (κ1) is 15.5. The van der Waals surface area contributed by atoms with Gasteiger partial charge in [0.1, 0.15) is 0 Å². The highest BCUT2D eigenvalue weighted by atomic mass is 16.5. The second kappa shape index (κ2) is 11.0. The Morgan fingerprint density at radius 1 is 1.31 bits per heavy atom. The van der Waals surface area contributed by atoms with Crippen LogP contribution < -0.4 is 0 Å². The van der Waals surface area contributed by atoms with E-state index in [0.29, 0.717) is 6.47 Å². The molecule has 1 unspecified atom stereocenters. The van der Waals surface area contributed by atoms with Crippen molar-refractivity contribution < 1.29 is 9.53 Å². The second-order valence-corrected chi connectivity index (χ2v) is 4.93. The van der Waals surface area contributed by atoms with Gasteiger partial charge in [0.2, 0.25) is 0 Å². The highest BCUT2D eigenvalue weighted by Gasteiger charge is 2.05. The second-order valence-electron chi connectivity index (χ2n) is 4.93. The maximum absolute atomic E-state index is 9.76. The first-order chi connectivity index (χ1) is 7.70. The van der Waals surface area contributed by atoms with Gasteiger partial charge in [-0.3, -0.25) is 4.79 Å². The summed E-state index contributed by atoms with van der Waals surface area (Å²) in [5.74, 6) is 1.04. The normalized spacial score (nSPS) is 18.2. The van der Waals surface area contributed by atoms with Gasteiger partial charge in [-0.1, -0.05) is 58.8 Å². The molecule has 0 saturated heterocycles. The van der Waals surface area contributed by atoms with Crippen LogP contribution in [0.25, 0.3) is 0 Å². The summed E-state index contributed by atoms with van der Waals surface area (Å²) >= 11 is 0. The summed E-state index contributed by atoms with van der Waals surface area (Å²) in [6.45, 7) is 6.90. The van der Waals surface area contributed by atoms with Crippen LogP contribution in [0.1, 0.15) is 72.1 Å². The van der Waals surface area contributed by atoms with Crippen molar-refractivity contribution >= 4 is 6.47 Å². The molecule has 0 aromatic carbocycles. The van der Waals surface area contributed by atoms with Gasteiger partial charge in [-0.25, -0.2) is 0 Å². The Bertz CT molecular complexity index is 151. The van der Waals surface area contributed by atoms with Gasteiger partial charge in [0.25, 0.3) is 6.47 Å². The largest absolute Gasteiger partial charge is 0.465 e. The summed E-state index contributed by atoms with van der Waals surface area (Å²) in [6.07, 6.45) is 10.8. The fourth-order valence-electron chi connectivity index (χ4n) is 1.96. The molecule has 1 aliphatic rings. The monoisotopic (exact) mass is 228 g/mol. The zero-order valence-corrected chi connectivity index (χ0v) is 11.2. The molecule has 0 bridgehead atoms. The van der Waals surface area contributed by atoms with E-state index in [0.717, 1.165) is 25.2 Å². The van der Waals surface area contributed by atoms with Crippen molar-refractivity contribution in [2.24, 2.45) is 5.92 Å². The standard InChI is InChI=1S/C7H14O2.C7H14/c1-3-4-5-7(2)9-6-8;1-7-5-3-2-4-6-7/h6-7H,3-5H2,1-2H3;7H,2-6H2,1H3. The van der Waals surface area contributed by atoms with Gasteiger partial charge < -0.3 is 4.74 Å². The Morgan fingerprint density at radius 3 is 2.31 bits per heavy atom. The summed E-state index contributed by atoms with van der Waals surface area (Å²) in [5, 5.41) is 0. The number of rotatable bonds is 5. The molecule has 1 atom stereocenters. The molecule has 1 fully saturated rings. The minimum atomic E-state index is 0.0995. The van der Waals surface area contributed by atoms with Gasteiger partial charge in [0.05, 0.1) is 6.10 Å². The van der Waals surface area contributed by atoms with Crippen LogP contribution in [0.3, 0.4) is 0 Å². The van der Waals surface area contributed by atoms with Gasteiger partial charge in [0.15, 0.2) is 0 Å². The minimum Gasteiger partial charge on any atom is -0.465 e. The lowest BCUT2D eigenvalue weighted by molar-refractivity contribution is -0.133. The average Bonchev–Trinajstić information content (AvgIpc) is 2.29. The topological polar surface area (TPSA) is 26.3 Å². The van der Waals surface area contributed by atoms with Gasteiger partial charge in [-0.15, -0.1) is 0 Å². The maximum atomic E-state index is 9.76. The third-order valence-electron chi connectivity index (χ3n) is 3.15. The third-order valence-corrected chi connectivity index (χ3v) is 3.15. The molecular formula is C14H28O2. The molecule has 1 aliphatic carbocycles. The highest BCUT2D eigenvalue weighted by molar-refractivity contribution is 5.37. The quantitative estimate of drug-likeness (QED) is 0.655. The highest BCUT2D eigenvalue weighted by Crippen LogP contribution is 2.22. The number of hydrogen-bond acceptors (Lipinski definition) is 2. The van der Waals surface area contributed by atoms with Crippen LogP contribution in [0.5, 0.6) is 0 Å². The fraction of sp³-hybridized carbons (Fsp3) is 0.929. The molecular weight excluding hydrogens is 200 g/mol. The third kappa shape index (κ3) is 10.0. The van der Waals surface area contributed by atoms with Crippen molar-refractivity contribution in [2.75, 3.05) is 0 Å². The molecule has 96 valence electrons. The Morgan fingerprint density at radius 2 is 1.94 bits per heavy atom. The average molecular weight is 228 g/mol. The molecule has 0 radical (unpaired) electrons. The molecule has 1 saturated carbocycles. The van der Waals surface area contributed by atoms with Crippen molar-refractivity contribution in [2.45, 2.75) is 78.2 Å². The number of hydrogen-bond donors (Lipinski definition) is 0. The van der Waals surface area contributed by atoms with Crippen LogP contribution in [-0.4, -0.2) is 12.6 Å². The minimum absolute atomic E-state index is 0.0995. The molecule has 0 aromatic heterocycles. The van der Waals surface area contributed by atoms with E-state index in [4.69, 9.17) is 0 Å². The van der Waals surface area contributed by atoms with E-state index in [1.54, 1.807) is 0 Å². The van der Waals surface area contributed by atoms with Crippen LogP contribution in [0.2, 0.25) is 0 Å². The summed E-state index contributed by atoms with van der Waals surface area (Å²) in [4.78, 5) is 9.76. The van der Waals surface area contributed by atoms with E-state index in [1.165, 1.54) is 32.1 Å². The van der Waals surface area contributed by atoms with Gasteiger partial charge in [0, 0.05) is 0 Å². The van der Waals surface area contributed by atoms with E-state index in [-0.39, 0.29) is 6.10 Å². The van der Waals surface area contributed by atoms with Crippen molar-refractivity contribution in [3.63, 3.8) is 0 Å². The Balaban J connectivity index is 0.000000288. The predicted octanol–water partition coefficient (Wildman–Crippen LogP) is 4.32. The van der Waals surface area contributed by atoms with Crippen LogP contribution in [-0.2, 0) is 9.53 Å². The van der Waals surface area contributed by atoms with Crippen LogP contribution in [0, 0.1) is 5.92 Å². The SMILES string of the molecule is CC1CCCCC1.CCCCC(C)OC=O. The van der Waals surface area contributed by atoms with Crippen molar-refractivity contribution in [1.82, 2.24) is 0 Å². The number of unbranched alkanes of at least 4 members (excludes halogenated alkanes) is 1. The lowest BCUT2D eigenvalue weighted by atomic mass is 9.91. The molecule has 0 aromatic rings. The van der Waals surface area contributed by atoms with Gasteiger partial charge >= 0.3 is 0 Å². The van der Waals surface area contributed by atoms with Crippen LogP contribution in [0.15, 0.2) is 0 Å². The molecule has 0 heterocycles. The van der Waals surface area contributed by atoms with E-state index in [9.17, 15) is 4.79 Å². The number of carbonyl (C=O) groups is 1. The zero-order valence-electron chi connectivity index (χ0n) is 11.2. The van der Waals surface area contributed by atoms with E-state index in [1.807, 2.05) is 6.92 Å². The first-order valence-corrected chi connectivity index (χ1v) is 6.79. The Labute approximate surface area is 101 Å². The molecule has 0 spiro atoms. The molecule has 2 nitrogen and oxygen atoms in total. The predicted molar refractivity (Wildman–Crippen MR) is 68.4 cm³/mol. The molecule has 0 aliphatic heterocycles. The lowest BCUT2D eigenvalue weighted by Crippen LogP contribution is -2.05. The lowest BCUT2D eigenvalue weighted by Gasteiger charge is -2.15. The van der Waals surface area contributed by atoms with Crippen molar-refractivity contribution in [3.05, 3.63) is 0 Å². The molecule has 2 heteroatoms. The van der Waals surface area contributed by atoms with Crippen molar-refractivity contribution in [3.8, 4) is 0 Å². The molecule has 0 amide bonds. The molecule has 0 N–H and O–H groups in total. The Kier molecular flexibility index (Phi) is 10.6. The van der Waals surface area contributed by atoms with E-state index >= 15 is 0 Å². The summed E-state index contributed by atoms with van der Waals surface area (Å²) in [6, 6.07) is 0. The van der Waals surface area contributed by atoms with Crippen molar-refractivity contribution in [1.29, 1.82) is 0 Å². The number of carbonyl (C=O) groups excluding carboxylic acids is 1. The van der Waals surface area contributed by atoms with Crippen LogP contribution in [0.4, 0.5) is 0 Å². The molecule has 16 heavy (non-hydrogen) atoms. The Hall–Kier alpha value is -0.530. The number of ether oxygens (including phenoxy) is 1. The summed E-state index contributed by atoms with van der Waals surface area (Å²) in [7, 11) is 0. The first-order valence-electron chi connectivity index (χ1n) is 6.79. The summed E-state index contributed by atoms with van der Waals surface area (Å²) in [5.41, 5.74) is 0.